The average Bonchev–Trinajstić information content (AvgIpc) is 2.04. The van der Waals surface area contributed by atoms with Crippen molar-refractivity contribution in [1.29, 1.82) is 0 Å². The molecule has 4 aromatic carbocycles. The van der Waals surface area contributed by atoms with E-state index in [-0.39, 0.29) is 72.1 Å². The van der Waals surface area contributed by atoms with Gasteiger partial charge in [0.05, 0.1) is 31.5 Å². The van der Waals surface area contributed by atoms with Crippen LogP contribution in [0.15, 0.2) is 60.7 Å². The molecule has 1 N–H and O–H groups in total. The first-order valence-corrected chi connectivity index (χ1v) is 30.6. The quantitative estimate of drug-likeness (QED) is 0.0926. The summed E-state index contributed by atoms with van der Waals surface area (Å²) in [6.45, 7) is 17.1. The second-order valence-electron chi connectivity index (χ2n) is 26.0. The van der Waals surface area contributed by atoms with E-state index in [1.807, 2.05) is 67.0 Å². The van der Waals surface area contributed by atoms with Crippen molar-refractivity contribution in [1.82, 2.24) is 34.9 Å². The van der Waals surface area contributed by atoms with Crippen LogP contribution in [0.2, 0.25) is 0 Å². The SMILES string of the molecule is CCc1cccc2cc(OCOC)cc(-c3ccc4c(N5CC6CCC(C5)N6C(=O)OC(C)(C)C)nc(OCC5(CN6CCN(CC7CCC8(CC7)CCN(C(=O)c7ccc(OC)c(N9CCC(=O)NC9=O)c7)CC8)CC6)CC5)nc4c3F)c12. The second kappa shape index (κ2) is 23.6. The fourth-order valence-electron chi connectivity index (χ4n) is 14.4. The molecule has 5 aromatic rings. The standard InChI is InChI=1S/C65H82FN9O9/c1-7-43-9-8-10-44-33-48(83-41-80-5)35-51(55(43)44)49-14-15-50-57(56(49)66)68-60(69-58(50)73-37-46-12-13-47(38-73)75(46)62(79)84-63(2,3)4)82-40-65(22-23-65)39-71-31-29-70(30-32-71)36-42-17-20-64(21-18-42)24-27-72(28-25-64)59(77)45-11-16-53(81-6)52(34-45)74-26-19-54(76)67-61(74)78/h8-11,14-16,33-35,42,46-47H,7,12-13,17-32,36-41H2,1-6H3,(H,67,76,78). The lowest BCUT2D eigenvalue weighted by Crippen LogP contribution is -2.57. The van der Waals surface area contributed by atoms with Crippen LogP contribution in [0.3, 0.4) is 0 Å². The molecule has 1 spiro atoms. The maximum Gasteiger partial charge on any atom is 0.410 e. The predicted octanol–water partition coefficient (Wildman–Crippen LogP) is 10.1. The highest BCUT2D eigenvalue weighted by molar-refractivity contribution is 6.07. The Morgan fingerprint density at radius 1 is 0.798 bits per heavy atom. The fourth-order valence-corrected chi connectivity index (χ4v) is 14.4. The predicted molar refractivity (Wildman–Crippen MR) is 319 cm³/mol. The zero-order chi connectivity index (χ0) is 58.5. The Morgan fingerprint density at radius 3 is 2.21 bits per heavy atom. The van der Waals surface area contributed by atoms with Crippen LogP contribution in [0.4, 0.5) is 25.5 Å². The molecule has 12 rings (SSSR count). The number of likely N-dealkylation sites (tertiary alicyclic amines) is 1. The number of halogens is 1. The largest absolute Gasteiger partial charge is 0.495 e. The van der Waals surface area contributed by atoms with Crippen LogP contribution in [-0.2, 0) is 20.7 Å². The molecule has 1 aromatic heterocycles. The number of carbonyl (C=O) groups excluding carboxylic acids is 4. The van der Waals surface area contributed by atoms with Gasteiger partial charge in [0.15, 0.2) is 12.6 Å². The van der Waals surface area contributed by atoms with Gasteiger partial charge in [0.1, 0.15) is 28.4 Å². The molecule has 0 radical (unpaired) electrons. The van der Waals surface area contributed by atoms with Crippen molar-refractivity contribution in [3.05, 3.63) is 77.6 Å². The number of methoxy groups -OCH3 is 2. The van der Waals surface area contributed by atoms with Gasteiger partial charge in [-0.15, -0.1) is 0 Å². The lowest BCUT2D eigenvalue weighted by molar-refractivity contribution is -0.120. The van der Waals surface area contributed by atoms with Crippen LogP contribution < -0.4 is 29.3 Å². The number of aryl methyl sites for hydroxylation is 1. The lowest BCUT2D eigenvalue weighted by Gasteiger charge is -2.47. The topological polar surface area (TPSA) is 172 Å². The number of piperidine rings is 1. The third kappa shape index (κ3) is 11.9. The van der Waals surface area contributed by atoms with E-state index >= 15 is 4.39 Å². The highest BCUT2D eigenvalue weighted by Gasteiger charge is 2.48. The number of urea groups is 1. The van der Waals surface area contributed by atoms with E-state index in [1.54, 1.807) is 25.3 Å². The Morgan fingerprint density at radius 2 is 1.54 bits per heavy atom. The first-order chi connectivity index (χ1) is 40.5. The maximum atomic E-state index is 17.8. The van der Waals surface area contributed by atoms with Gasteiger partial charge in [-0.25, -0.2) is 14.0 Å². The zero-order valence-corrected chi connectivity index (χ0v) is 49.8. The molecule has 6 heterocycles. The summed E-state index contributed by atoms with van der Waals surface area (Å²) in [5.41, 5.74) is 3.03. The van der Waals surface area contributed by atoms with Crippen LogP contribution >= 0.6 is 0 Å². The van der Waals surface area contributed by atoms with E-state index < -0.39 is 17.4 Å². The van der Waals surface area contributed by atoms with Gasteiger partial charge < -0.3 is 43.3 Å². The van der Waals surface area contributed by atoms with Crippen molar-refractivity contribution in [2.45, 2.75) is 122 Å². The first kappa shape index (κ1) is 57.6. The van der Waals surface area contributed by atoms with Crippen molar-refractivity contribution < 1.29 is 47.3 Å². The number of imide groups is 1. The number of piperazine rings is 2. The van der Waals surface area contributed by atoms with Crippen LogP contribution in [0.1, 0.15) is 114 Å². The minimum Gasteiger partial charge on any atom is -0.495 e. The van der Waals surface area contributed by atoms with Gasteiger partial charge in [-0.2, -0.15) is 9.97 Å². The van der Waals surface area contributed by atoms with E-state index in [9.17, 15) is 19.2 Å². The van der Waals surface area contributed by atoms with Gasteiger partial charge in [-0.3, -0.25) is 24.7 Å². The van der Waals surface area contributed by atoms with Gasteiger partial charge in [-0.05, 0) is 161 Å². The van der Waals surface area contributed by atoms with Crippen LogP contribution in [0.5, 0.6) is 17.5 Å². The minimum atomic E-state index is -0.615. The number of rotatable bonds is 16. The number of benzene rings is 4. The van der Waals surface area contributed by atoms with E-state index in [4.69, 9.17) is 33.7 Å². The summed E-state index contributed by atoms with van der Waals surface area (Å²) in [7, 11) is 3.11. The Balaban J connectivity index is 0.683. The molecule has 448 valence electrons. The van der Waals surface area contributed by atoms with Gasteiger partial charge >= 0.3 is 18.1 Å². The van der Waals surface area contributed by atoms with E-state index in [0.717, 1.165) is 101 Å². The smallest absolute Gasteiger partial charge is 0.410 e. The molecular formula is C65H82FN9O9. The zero-order valence-electron chi connectivity index (χ0n) is 49.8. The normalized spacial score (nSPS) is 22.0. The van der Waals surface area contributed by atoms with Crippen molar-refractivity contribution in [2.24, 2.45) is 16.7 Å². The first-order valence-electron chi connectivity index (χ1n) is 30.6. The summed E-state index contributed by atoms with van der Waals surface area (Å²) in [6, 6.07) is 18.5. The highest BCUT2D eigenvalue weighted by atomic mass is 19.1. The molecule has 7 aliphatic rings. The Kier molecular flexibility index (Phi) is 16.2. The van der Waals surface area contributed by atoms with Crippen LogP contribution in [0, 0.1) is 22.6 Å². The summed E-state index contributed by atoms with van der Waals surface area (Å²) in [5, 5.41) is 4.87. The number of hydrogen-bond acceptors (Lipinski definition) is 14. The number of fused-ring (bicyclic) bond motifs is 4. The Labute approximate surface area is 492 Å². The van der Waals surface area contributed by atoms with Crippen LogP contribution in [0.25, 0.3) is 32.8 Å². The maximum absolute atomic E-state index is 17.8. The summed E-state index contributed by atoms with van der Waals surface area (Å²) in [4.78, 5) is 74.8. The monoisotopic (exact) mass is 1150 g/mol. The number of aromatic nitrogens is 2. The molecule has 2 atom stereocenters. The summed E-state index contributed by atoms with van der Waals surface area (Å²) in [5.74, 6) is 1.52. The number of nitrogens with one attached hydrogen (secondary N) is 1. The molecule has 5 saturated heterocycles. The van der Waals surface area contributed by atoms with Gasteiger partial charge in [0, 0.05) is 107 Å². The number of amides is 5. The molecule has 7 fully saturated rings. The van der Waals surface area contributed by atoms with Crippen LogP contribution in [-0.4, -0.2) is 171 Å². The fraction of sp³-hybridized carbons (Fsp3) is 0.569. The average molecular weight is 1150 g/mol. The number of carbonyl (C=O) groups is 4. The Hall–Kier alpha value is -6.83. The number of hydrogen-bond donors (Lipinski definition) is 1. The summed E-state index contributed by atoms with van der Waals surface area (Å²) in [6.07, 6.45) is 11.2. The third-order valence-corrected chi connectivity index (χ3v) is 19.3. The van der Waals surface area contributed by atoms with Gasteiger partial charge in [0.25, 0.3) is 5.91 Å². The van der Waals surface area contributed by atoms with E-state index in [1.165, 1.54) is 37.7 Å². The Bertz CT molecular complexity index is 3290. The third-order valence-electron chi connectivity index (χ3n) is 19.3. The molecule has 2 aliphatic carbocycles. The second-order valence-corrected chi connectivity index (χ2v) is 26.0. The molecule has 5 amide bonds. The number of ether oxygens (including phenoxy) is 5. The summed E-state index contributed by atoms with van der Waals surface area (Å²) < 4.78 is 47.2. The molecule has 2 bridgehead atoms. The van der Waals surface area contributed by atoms with Crippen molar-refractivity contribution in [2.75, 3.05) is 109 Å². The molecule has 18 nitrogen and oxygen atoms in total. The lowest BCUT2D eigenvalue weighted by atomic mass is 9.65. The van der Waals surface area contributed by atoms with Gasteiger partial charge in [-0.1, -0.05) is 31.2 Å². The number of anilines is 2. The molecule has 19 heteroatoms. The minimum absolute atomic E-state index is 0.0410. The van der Waals surface area contributed by atoms with Gasteiger partial charge in [0.2, 0.25) is 5.91 Å². The molecule has 5 aliphatic heterocycles. The van der Waals surface area contributed by atoms with E-state index in [2.05, 4.69) is 33.0 Å². The van der Waals surface area contributed by atoms with E-state index in [0.29, 0.717) is 83.8 Å². The van der Waals surface area contributed by atoms with Crippen molar-refractivity contribution in [3.63, 3.8) is 0 Å². The molecule has 84 heavy (non-hydrogen) atoms. The summed E-state index contributed by atoms with van der Waals surface area (Å²) >= 11 is 0. The number of nitrogens with zero attached hydrogens (tertiary/aromatic N) is 8. The van der Waals surface area contributed by atoms with Crippen molar-refractivity contribution >= 4 is 57.1 Å². The molecule has 2 saturated carbocycles. The highest BCUT2D eigenvalue weighted by Crippen LogP contribution is 2.49. The molecule has 2 unspecified atom stereocenters. The molecular weight excluding hydrogens is 1070 g/mol. The van der Waals surface area contributed by atoms with Crippen molar-refractivity contribution in [3.8, 4) is 28.6 Å².